The molecule has 0 radical (unpaired) electrons. The van der Waals surface area contributed by atoms with Gasteiger partial charge in [-0.25, -0.2) is 0 Å². The number of likely N-dealkylation sites (N-methyl/N-ethyl adjacent to an activating group) is 1. The zero-order chi connectivity index (χ0) is 12.0. The lowest BCUT2D eigenvalue weighted by atomic mass is 10.1. The van der Waals surface area contributed by atoms with Gasteiger partial charge in [-0.3, -0.25) is 4.79 Å². The lowest BCUT2D eigenvalue weighted by molar-refractivity contribution is 0.0782. The van der Waals surface area contributed by atoms with Crippen molar-refractivity contribution in [3.63, 3.8) is 0 Å². The van der Waals surface area contributed by atoms with Gasteiger partial charge < -0.3 is 7.97 Å². The topological polar surface area (TPSA) is 29.5 Å². The number of carbonyl (C=O) groups is 1. The van der Waals surface area contributed by atoms with Crippen molar-refractivity contribution in [2.24, 2.45) is 0 Å². The molecule has 0 atom stereocenters. The van der Waals surface area contributed by atoms with Crippen LogP contribution in [0, 0.1) is 12.3 Å². The zero-order valence-electron chi connectivity index (χ0n) is 8.94. The van der Waals surface area contributed by atoms with E-state index >= 15 is 0 Å². The molecule has 0 N–H and O–H groups in total. The number of amides is 1. The second kappa shape index (κ2) is 6.51. The van der Waals surface area contributed by atoms with E-state index in [1.54, 1.807) is 36.2 Å². The van der Waals surface area contributed by atoms with Gasteiger partial charge in [-0.15, -0.1) is 6.42 Å². The second-order valence-corrected chi connectivity index (χ2v) is 3.88. The Morgan fingerprint density at radius 2 is 2.12 bits per heavy atom. The van der Waals surface area contributed by atoms with Gasteiger partial charge in [0.25, 0.3) is 5.91 Å². The van der Waals surface area contributed by atoms with Crippen LogP contribution in [0.4, 0.5) is 0 Å². The highest BCUT2D eigenvalue weighted by molar-refractivity contribution is 14.1. The van der Waals surface area contributed by atoms with Gasteiger partial charge in [-0.05, 0) is 24.3 Å². The normalized spacial score (nSPS) is 9.56. The van der Waals surface area contributed by atoms with Crippen LogP contribution in [0.1, 0.15) is 15.9 Å². The number of nitrogens with zero attached hydrogens (tertiary/aromatic N) is 1. The first kappa shape index (κ1) is 13.0. The van der Waals surface area contributed by atoms with Gasteiger partial charge >= 0.3 is 0 Å². The lowest BCUT2D eigenvalue weighted by Gasteiger charge is -2.16. The maximum atomic E-state index is 11.9. The smallest absolute Gasteiger partial charge is 0.253 e. The van der Waals surface area contributed by atoms with E-state index in [4.69, 9.17) is 9.49 Å². The van der Waals surface area contributed by atoms with E-state index < -0.39 is 0 Å². The van der Waals surface area contributed by atoms with Gasteiger partial charge in [0.1, 0.15) is 23.0 Å². The molecule has 16 heavy (non-hydrogen) atoms. The van der Waals surface area contributed by atoms with Gasteiger partial charge in [-0.2, -0.15) is 0 Å². The summed E-state index contributed by atoms with van der Waals surface area (Å²) >= 11 is 1.81. The average molecular weight is 329 g/mol. The summed E-state index contributed by atoms with van der Waals surface area (Å²) in [6, 6.07) is 6.99. The standard InChI is InChI=1S/C12H12INO2/c1-3-10-4-6-11(7-5-10)12(15)14(2)8-9-16-13/h1,4-7H,8-9H2,2H3. The number of halogens is 1. The molecule has 0 heterocycles. The van der Waals surface area contributed by atoms with E-state index in [-0.39, 0.29) is 5.91 Å². The molecule has 3 nitrogen and oxygen atoms in total. The maximum Gasteiger partial charge on any atom is 0.253 e. The Kier molecular flexibility index (Phi) is 5.29. The Labute approximate surface area is 109 Å². The molecular weight excluding hydrogens is 317 g/mol. The Morgan fingerprint density at radius 3 is 2.62 bits per heavy atom. The first-order chi connectivity index (χ1) is 7.69. The van der Waals surface area contributed by atoms with Crippen LogP contribution in [0.3, 0.4) is 0 Å². The fourth-order valence-electron chi connectivity index (χ4n) is 1.20. The molecule has 1 rings (SSSR count). The molecule has 4 heteroatoms. The van der Waals surface area contributed by atoms with Crippen molar-refractivity contribution in [3.05, 3.63) is 35.4 Å². The van der Waals surface area contributed by atoms with Crippen LogP contribution in [0.5, 0.6) is 0 Å². The quantitative estimate of drug-likeness (QED) is 0.625. The van der Waals surface area contributed by atoms with Gasteiger partial charge in [0.2, 0.25) is 0 Å². The molecule has 0 spiro atoms. The van der Waals surface area contributed by atoms with Crippen molar-refractivity contribution in [1.82, 2.24) is 4.90 Å². The third-order valence-corrected chi connectivity index (χ3v) is 2.59. The van der Waals surface area contributed by atoms with E-state index in [0.29, 0.717) is 18.7 Å². The minimum Gasteiger partial charge on any atom is -0.339 e. The summed E-state index contributed by atoms with van der Waals surface area (Å²) in [6.07, 6.45) is 5.24. The molecule has 0 aromatic heterocycles. The van der Waals surface area contributed by atoms with Gasteiger partial charge in [-0.1, -0.05) is 5.92 Å². The number of terminal acetylenes is 1. The van der Waals surface area contributed by atoms with Crippen LogP contribution in [0.2, 0.25) is 0 Å². The Morgan fingerprint density at radius 1 is 1.50 bits per heavy atom. The van der Waals surface area contributed by atoms with E-state index in [0.717, 1.165) is 5.56 Å². The van der Waals surface area contributed by atoms with Crippen molar-refractivity contribution in [2.45, 2.75) is 0 Å². The minimum absolute atomic E-state index is 0.0305. The zero-order valence-corrected chi connectivity index (χ0v) is 11.1. The number of benzene rings is 1. The molecule has 84 valence electrons. The Bertz CT molecular complexity index is 394. The molecule has 1 aromatic rings. The van der Waals surface area contributed by atoms with Crippen LogP contribution in [0.25, 0.3) is 0 Å². The monoisotopic (exact) mass is 329 g/mol. The molecular formula is C12H12INO2. The molecule has 0 fully saturated rings. The summed E-state index contributed by atoms with van der Waals surface area (Å²) < 4.78 is 4.88. The molecule has 0 saturated carbocycles. The largest absolute Gasteiger partial charge is 0.339 e. The van der Waals surface area contributed by atoms with Crippen molar-refractivity contribution >= 4 is 28.9 Å². The maximum absolute atomic E-state index is 11.9. The number of rotatable bonds is 4. The van der Waals surface area contributed by atoms with Crippen molar-refractivity contribution in [1.29, 1.82) is 0 Å². The summed E-state index contributed by atoms with van der Waals surface area (Å²) in [7, 11) is 1.74. The van der Waals surface area contributed by atoms with E-state index in [2.05, 4.69) is 5.92 Å². The molecule has 0 aliphatic carbocycles. The summed E-state index contributed by atoms with van der Waals surface area (Å²) in [5, 5.41) is 0. The van der Waals surface area contributed by atoms with Crippen LogP contribution in [-0.2, 0) is 3.07 Å². The van der Waals surface area contributed by atoms with Crippen LogP contribution >= 0.6 is 23.0 Å². The van der Waals surface area contributed by atoms with E-state index in [1.807, 2.05) is 23.0 Å². The highest BCUT2D eigenvalue weighted by Crippen LogP contribution is 2.06. The fourth-order valence-corrected chi connectivity index (χ4v) is 1.40. The summed E-state index contributed by atoms with van der Waals surface area (Å²) in [5.41, 5.74) is 1.41. The Balaban J connectivity index is 2.69. The van der Waals surface area contributed by atoms with Crippen LogP contribution < -0.4 is 0 Å². The highest BCUT2D eigenvalue weighted by atomic mass is 127. The molecule has 1 amide bonds. The van der Waals surface area contributed by atoms with Gasteiger partial charge in [0, 0.05) is 24.7 Å². The van der Waals surface area contributed by atoms with Crippen LogP contribution in [-0.4, -0.2) is 31.0 Å². The molecule has 0 unspecified atom stereocenters. The van der Waals surface area contributed by atoms with Crippen molar-refractivity contribution < 1.29 is 7.86 Å². The average Bonchev–Trinajstić information content (AvgIpc) is 2.35. The van der Waals surface area contributed by atoms with Gasteiger partial charge in [0.05, 0.1) is 6.61 Å². The molecule has 0 aliphatic rings. The minimum atomic E-state index is -0.0305. The van der Waals surface area contributed by atoms with E-state index in [9.17, 15) is 4.79 Å². The third kappa shape index (κ3) is 3.51. The second-order valence-electron chi connectivity index (χ2n) is 3.26. The molecule has 0 saturated heterocycles. The number of hydrogen-bond acceptors (Lipinski definition) is 2. The van der Waals surface area contributed by atoms with Gasteiger partial charge in [0.15, 0.2) is 0 Å². The number of carbonyl (C=O) groups excluding carboxylic acids is 1. The first-order valence-electron chi connectivity index (χ1n) is 4.74. The molecule has 1 aromatic carbocycles. The van der Waals surface area contributed by atoms with Crippen LogP contribution in [0.15, 0.2) is 24.3 Å². The predicted molar refractivity (Wildman–Crippen MR) is 71.3 cm³/mol. The van der Waals surface area contributed by atoms with E-state index in [1.165, 1.54) is 0 Å². The summed E-state index contributed by atoms with van der Waals surface area (Å²) in [5.74, 6) is 2.48. The third-order valence-electron chi connectivity index (χ3n) is 2.15. The van der Waals surface area contributed by atoms with Crippen molar-refractivity contribution in [2.75, 3.05) is 20.2 Å². The SMILES string of the molecule is C#Cc1ccc(C(=O)N(C)CCOI)cc1. The molecule has 0 aliphatic heterocycles. The number of hydrogen-bond donors (Lipinski definition) is 0. The lowest BCUT2D eigenvalue weighted by Crippen LogP contribution is -2.29. The predicted octanol–water partition coefficient (Wildman–Crippen LogP) is 2.11. The van der Waals surface area contributed by atoms with Crippen molar-refractivity contribution in [3.8, 4) is 12.3 Å². The summed E-state index contributed by atoms with van der Waals surface area (Å²) in [6.45, 7) is 1.09. The first-order valence-corrected chi connectivity index (χ1v) is 5.62. The summed E-state index contributed by atoms with van der Waals surface area (Å²) in [4.78, 5) is 13.5. The Hall–Kier alpha value is -1.06. The fraction of sp³-hybridized carbons (Fsp3) is 0.250. The highest BCUT2D eigenvalue weighted by Gasteiger charge is 2.10. The molecule has 0 bridgehead atoms.